The van der Waals surface area contributed by atoms with Gasteiger partial charge in [-0.1, -0.05) is 45.9 Å². The maximum Gasteiger partial charge on any atom is 0.302 e. The van der Waals surface area contributed by atoms with Crippen LogP contribution in [-0.4, -0.2) is 32.8 Å². The summed E-state index contributed by atoms with van der Waals surface area (Å²) >= 11 is 0. The minimum atomic E-state index is -1.84. The fraction of sp³-hybridized carbons (Fsp3) is 0.727. The van der Waals surface area contributed by atoms with E-state index < -0.39 is 13.9 Å². The second-order valence-corrected chi connectivity index (χ2v) is 12.6. The Hall–Kier alpha value is -1.20. The number of rotatable bonds is 14. The lowest BCUT2D eigenvalue weighted by Crippen LogP contribution is -2.46. The van der Waals surface area contributed by atoms with Crippen LogP contribution in [0.15, 0.2) is 23.8 Å². The zero-order chi connectivity index (χ0) is 21.1. The van der Waals surface area contributed by atoms with Crippen LogP contribution in [0, 0.1) is 5.92 Å². The molecule has 5 heteroatoms. The zero-order valence-corrected chi connectivity index (χ0v) is 19.5. The van der Waals surface area contributed by atoms with Crippen molar-refractivity contribution in [3.63, 3.8) is 0 Å². The van der Waals surface area contributed by atoms with E-state index in [9.17, 15) is 9.59 Å². The average Bonchev–Trinajstić information content (AvgIpc) is 2.59. The molecule has 0 bridgehead atoms. The first kappa shape index (κ1) is 25.8. The highest BCUT2D eigenvalue weighted by atomic mass is 28.4. The number of ether oxygens (including phenoxy) is 1. The Labute approximate surface area is 167 Å². The van der Waals surface area contributed by atoms with Gasteiger partial charge in [0.2, 0.25) is 0 Å². The maximum absolute atomic E-state index is 11.4. The maximum atomic E-state index is 11.4. The predicted octanol–water partition coefficient (Wildman–Crippen LogP) is 5.84. The van der Waals surface area contributed by atoms with Crippen LogP contribution in [0.4, 0.5) is 0 Å². The molecule has 0 aromatic carbocycles. The van der Waals surface area contributed by atoms with Gasteiger partial charge in [0.25, 0.3) is 0 Å². The van der Waals surface area contributed by atoms with Crippen LogP contribution in [0.3, 0.4) is 0 Å². The molecule has 0 N–H and O–H groups in total. The van der Waals surface area contributed by atoms with Crippen molar-refractivity contribution in [3.05, 3.63) is 23.8 Å². The van der Waals surface area contributed by atoms with Gasteiger partial charge in [-0.05, 0) is 56.3 Å². The highest BCUT2D eigenvalue weighted by Crippen LogP contribution is 2.34. The van der Waals surface area contributed by atoms with E-state index in [2.05, 4.69) is 40.3 Å². The molecule has 2 atom stereocenters. The Morgan fingerprint density at radius 1 is 1.19 bits per heavy atom. The highest BCUT2D eigenvalue weighted by molar-refractivity contribution is 6.73. The van der Waals surface area contributed by atoms with Gasteiger partial charge in [-0.15, -0.1) is 0 Å². The largest absolute Gasteiger partial charge is 0.466 e. The van der Waals surface area contributed by atoms with Gasteiger partial charge in [-0.3, -0.25) is 4.79 Å². The second-order valence-electron chi connectivity index (χ2n) is 7.87. The van der Waals surface area contributed by atoms with Crippen molar-refractivity contribution in [2.75, 3.05) is 6.61 Å². The summed E-state index contributed by atoms with van der Waals surface area (Å²) < 4.78 is 11.7. The minimum Gasteiger partial charge on any atom is -0.466 e. The van der Waals surface area contributed by atoms with Gasteiger partial charge in [-0.2, -0.15) is 0 Å². The number of carbonyl (C=O) groups excluding carboxylic acids is 2. The van der Waals surface area contributed by atoms with Crippen molar-refractivity contribution < 1.29 is 18.8 Å². The molecule has 0 rings (SSSR count). The summed E-state index contributed by atoms with van der Waals surface area (Å²) in [6, 6.07) is 3.15. The lowest BCUT2D eigenvalue weighted by atomic mass is 9.90. The highest BCUT2D eigenvalue weighted by Gasteiger charge is 2.38. The van der Waals surface area contributed by atoms with Crippen molar-refractivity contribution in [1.82, 2.24) is 0 Å². The molecule has 0 heterocycles. The molecule has 156 valence electrons. The third-order valence-corrected chi connectivity index (χ3v) is 10.4. The van der Waals surface area contributed by atoms with E-state index in [1.54, 1.807) is 0 Å². The van der Waals surface area contributed by atoms with Crippen LogP contribution in [0.2, 0.25) is 18.1 Å². The summed E-state index contributed by atoms with van der Waals surface area (Å²) in [5.74, 6) is 0.128. The van der Waals surface area contributed by atoms with Crippen LogP contribution in [0.5, 0.6) is 0 Å². The fourth-order valence-electron chi connectivity index (χ4n) is 3.36. The third kappa shape index (κ3) is 9.02. The quantitative estimate of drug-likeness (QED) is 0.160. The molecule has 0 radical (unpaired) electrons. The third-order valence-electron chi connectivity index (χ3n) is 5.63. The molecule has 0 spiro atoms. The van der Waals surface area contributed by atoms with Gasteiger partial charge in [0.1, 0.15) is 6.29 Å². The number of esters is 1. The molecule has 0 aliphatic carbocycles. The van der Waals surface area contributed by atoms with Crippen molar-refractivity contribution in [2.45, 2.75) is 91.5 Å². The van der Waals surface area contributed by atoms with Gasteiger partial charge in [0.15, 0.2) is 8.32 Å². The first-order valence-corrected chi connectivity index (χ1v) is 12.7. The molecule has 0 aromatic heterocycles. The van der Waals surface area contributed by atoms with Crippen LogP contribution in [0.1, 0.15) is 67.7 Å². The Morgan fingerprint density at radius 3 is 2.19 bits per heavy atom. The summed E-state index contributed by atoms with van der Waals surface area (Å²) in [5.41, 5.74) is 1.50. The predicted molar refractivity (Wildman–Crippen MR) is 115 cm³/mol. The van der Waals surface area contributed by atoms with E-state index in [1.807, 2.05) is 13.8 Å². The summed E-state index contributed by atoms with van der Waals surface area (Å²) in [6.45, 7) is 18.9. The Bertz CT molecular complexity index is 514. The molecule has 4 nitrogen and oxygen atoms in total. The number of aldehydes is 1. The number of hydrogen-bond acceptors (Lipinski definition) is 4. The minimum absolute atomic E-state index is 0.242. The van der Waals surface area contributed by atoms with Gasteiger partial charge in [0, 0.05) is 13.3 Å². The molecule has 0 aliphatic heterocycles. The van der Waals surface area contributed by atoms with E-state index in [1.165, 1.54) is 6.92 Å². The Kier molecular flexibility index (Phi) is 11.7. The second kappa shape index (κ2) is 12.3. The molecule has 2 unspecified atom stereocenters. The average molecular weight is 397 g/mol. The lowest BCUT2D eigenvalue weighted by molar-refractivity contribution is -0.141. The molecule has 0 saturated carbocycles. The van der Waals surface area contributed by atoms with Crippen molar-refractivity contribution in [2.24, 2.45) is 5.92 Å². The molecule has 0 saturated heterocycles. The summed E-state index contributed by atoms with van der Waals surface area (Å²) in [7, 11) is -1.84. The van der Waals surface area contributed by atoms with Gasteiger partial charge in [0.05, 0.1) is 12.2 Å². The molecule has 0 aromatic rings. The first-order valence-electron chi connectivity index (χ1n) is 10.2. The molecular weight excluding hydrogens is 356 g/mol. The van der Waals surface area contributed by atoms with Crippen LogP contribution in [-0.2, 0) is 18.8 Å². The molecular formula is C22H40O4Si. The van der Waals surface area contributed by atoms with E-state index in [4.69, 9.17) is 9.16 Å². The van der Waals surface area contributed by atoms with Gasteiger partial charge < -0.3 is 14.0 Å². The van der Waals surface area contributed by atoms with Crippen LogP contribution < -0.4 is 0 Å². The van der Waals surface area contributed by atoms with Gasteiger partial charge in [-0.25, -0.2) is 0 Å². The fourth-order valence-corrected chi connectivity index (χ4v) is 6.49. The van der Waals surface area contributed by atoms with Crippen LogP contribution in [0.25, 0.3) is 0 Å². The SMILES string of the molecule is C=C(/C=C(\C)C(C)(CC=O)O[Si](CC)(CC)CC)CC(C)CCOC(C)=O. The molecule has 0 amide bonds. The van der Waals surface area contributed by atoms with E-state index in [0.717, 1.165) is 48.4 Å². The lowest BCUT2D eigenvalue weighted by Gasteiger charge is -2.40. The van der Waals surface area contributed by atoms with E-state index in [-0.39, 0.29) is 5.97 Å². The van der Waals surface area contributed by atoms with E-state index in [0.29, 0.717) is 18.9 Å². The number of allylic oxidation sites excluding steroid dienone is 2. The topological polar surface area (TPSA) is 52.6 Å². The standard InChI is InChI=1S/C22H40O4Si/c1-9-27(10-2,11-3)26-22(8,13-14-23)20(6)17-19(5)16-18(4)12-15-25-21(7)24/h14,17-18H,5,9-13,15-16H2,1-4,6-8H3/b20-17+. The van der Waals surface area contributed by atoms with Crippen molar-refractivity contribution >= 4 is 20.6 Å². The van der Waals surface area contributed by atoms with Gasteiger partial charge >= 0.3 is 5.97 Å². The van der Waals surface area contributed by atoms with Crippen LogP contribution >= 0.6 is 0 Å². The summed E-state index contributed by atoms with van der Waals surface area (Å²) in [5, 5.41) is 0. The molecule has 27 heavy (non-hydrogen) atoms. The smallest absolute Gasteiger partial charge is 0.302 e. The first-order chi connectivity index (χ1) is 12.6. The van der Waals surface area contributed by atoms with E-state index >= 15 is 0 Å². The zero-order valence-electron chi connectivity index (χ0n) is 18.5. The normalized spacial score (nSPS) is 15.7. The van der Waals surface area contributed by atoms with Crippen molar-refractivity contribution in [1.29, 1.82) is 0 Å². The summed E-state index contributed by atoms with van der Waals surface area (Å²) in [4.78, 5) is 22.2. The monoisotopic (exact) mass is 396 g/mol. The van der Waals surface area contributed by atoms with Crippen molar-refractivity contribution in [3.8, 4) is 0 Å². The molecule has 0 aliphatic rings. The molecule has 0 fully saturated rings. The Balaban J connectivity index is 5.16. The number of hydrogen-bond donors (Lipinski definition) is 0. The Morgan fingerprint density at radius 2 is 1.74 bits per heavy atom. The summed E-state index contributed by atoms with van der Waals surface area (Å²) in [6.07, 6.45) is 5.03. The number of carbonyl (C=O) groups is 2.